The summed E-state index contributed by atoms with van der Waals surface area (Å²) in [7, 11) is 6.44. The molecular weight excluding hydrogens is 560 g/mol. The van der Waals surface area contributed by atoms with Gasteiger partial charge in [-0.05, 0) is 56.6 Å². The third-order valence-electron chi connectivity index (χ3n) is 8.71. The zero-order valence-corrected chi connectivity index (χ0v) is 24.0. The molecule has 2 unspecified atom stereocenters. The van der Waals surface area contributed by atoms with Crippen molar-refractivity contribution in [2.75, 3.05) is 38.4 Å². The molecule has 43 heavy (non-hydrogen) atoms. The summed E-state index contributed by atoms with van der Waals surface area (Å²) in [5, 5.41) is 25.4. The summed E-state index contributed by atoms with van der Waals surface area (Å²) >= 11 is 0. The average Bonchev–Trinajstić information content (AvgIpc) is 2.92. The largest absolute Gasteiger partial charge is 0.505 e. The number of nitrogens with two attached hydrogens (primary N) is 1. The number of para-hydroxylation sites is 1. The van der Waals surface area contributed by atoms with Gasteiger partial charge in [-0.2, -0.15) is 0 Å². The molecule has 0 bridgehead atoms. The Morgan fingerprint density at radius 2 is 1.70 bits per heavy atom. The number of carbonyl (C=O) groups excluding carboxylic acids is 6. The number of primary amides is 1. The lowest BCUT2D eigenvalue weighted by Crippen LogP contribution is -2.74. The van der Waals surface area contributed by atoms with E-state index < -0.39 is 76.2 Å². The van der Waals surface area contributed by atoms with E-state index in [0.29, 0.717) is 11.3 Å². The van der Waals surface area contributed by atoms with Crippen LogP contribution in [0.4, 0.5) is 16.2 Å². The second-order valence-corrected chi connectivity index (χ2v) is 11.7. The van der Waals surface area contributed by atoms with Gasteiger partial charge in [0.2, 0.25) is 5.91 Å². The minimum atomic E-state index is -2.83. The average molecular weight is 593 g/mol. The lowest BCUT2D eigenvalue weighted by atomic mass is 9.52. The zero-order chi connectivity index (χ0) is 31.5. The molecule has 5 N–H and O–H groups in total. The van der Waals surface area contributed by atoms with Crippen LogP contribution in [-0.2, 0) is 25.6 Å². The smallest absolute Gasteiger partial charge is 0.417 e. The summed E-state index contributed by atoms with van der Waals surface area (Å²) in [5.74, 6) is -11.4. The number of Topliss-reactive ketones (excluding diaryl/α,β-unsaturated/α-hetero) is 4. The molecule has 13 nitrogen and oxygen atoms in total. The lowest BCUT2D eigenvalue weighted by Gasteiger charge is -2.52. The number of rotatable bonds is 5. The van der Waals surface area contributed by atoms with Gasteiger partial charge in [0.1, 0.15) is 11.5 Å². The van der Waals surface area contributed by atoms with E-state index in [9.17, 15) is 39.0 Å². The minimum Gasteiger partial charge on any atom is -0.505 e. The molecule has 5 rings (SSSR count). The predicted molar refractivity (Wildman–Crippen MR) is 152 cm³/mol. The SMILES string of the molecule is CN(C)c1cc(NC(=O)Oc2ccccc2)c(O)c2c1C[C@H]1C[C@H]3[C@H](N(C)C)C(=O)C(C(N)=O)C(=O)[C@@]3(O)C(=O)C1C2=O. The molecule has 0 aliphatic heterocycles. The van der Waals surface area contributed by atoms with Crippen LogP contribution in [0.1, 0.15) is 22.3 Å². The number of anilines is 2. The third kappa shape index (κ3) is 4.55. The van der Waals surface area contributed by atoms with Gasteiger partial charge < -0.3 is 25.6 Å². The lowest BCUT2D eigenvalue weighted by molar-refractivity contribution is -0.181. The number of hydrogen-bond acceptors (Lipinski definition) is 11. The van der Waals surface area contributed by atoms with Crippen LogP contribution >= 0.6 is 0 Å². The van der Waals surface area contributed by atoms with E-state index in [1.54, 1.807) is 49.3 Å². The van der Waals surface area contributed by atoms with Gasteiger partial charge in [0.15, 0.2) is 34.7 Å². The first-order valence-electron chi connectivity index (χ1n) is 13.6. The van der Waals surface area contributed by atoms with Gasteiger partial charge in [0, 0.05) is 25.7 Å². The number of benzene rings is 2. The zero-order valence-electron chi connectivity index (χ0n) is 24.0. The molecule has 3 aliphatic rings. The summed E-state index contributed by atoms with van der Waals surface area (Å²) in [6, 6.07) is 8.46. The molecule has 0 aromatic heterocycles. The molecular formula is C30H32N4O9. The quantitative estimate of drug-likeness (QED) is 0.279. The first-order chi connectivity index (χ1) is 20.2. The van der Waals surface area contributed by atoms with E-state index in [2.05, 4.69) is 5.32 Å². The fourth-order valence-electron chi connectivity index (χ4n) is 6.88. The monoisotopic (exact) mass is 592 g/mol. The molecule has 226 valence electrons. The van der Waals surface area contributed by atoms with Crippen LogP contribution in [0.3, 0.4) is 0 Å². The number of ketones is 4. The van der Waals surface area contributed by atoms with E-state index in [1.807, 2.05) is 0 Å². The standard InChI is InChI=1S/C30H32N4O9/c1-33(2)18-12-17(32-29(41)43-14-8-6-5-7-9-14)23(35)20-15(18)10-13-11-16-22(34(3)4)25(37)21(28(31)40)27(39)30(16,42)26(38)19(13)24(20)36/h5-9,12-13,16,19,21-22,35,42H,10-11H2,1-4H3,(H2,31,40)(H,32,41)/t13-,16-,19?,21?,22-,30-/m0/s1. The Morgan fingerprint density at radius 1 is 1.05 bits per heavy atom. The Morgan fingerprint density at radius 3 is 2.28 bits per heavy atom. The van der Waals surface area contributed by atoms with Crippen LogP contribution in [0.25, 0.3) is 0 Å². The Hall–Kier alpha value is -4.62. The number of hydrogen-bond donors (Lipinski definition) is 4. The molecule has 0 saturated heterocycles. The second kappa shape index (κ2) is 10.6. The summed E-state index contributed by atoms with van der Waals surface area (Å²) < 4.78 is 5.25. The van der Waals surface area contributed by atoms with E-state index >= 15 is 0 Å². The number of fused-ring (bicyclic) bond motifs is 3. The number of carbonyl (C=O) groups is 6. The molecule has 2 aromatic rings. The van der Waals surface area contributed by atoms with Crippen molar-refractivity contribution in [2.24, 2.45) is 29.4 Å². The van der Waals surface area contributed by atoms with Crippen molar-refractivity contribution in [2.45, 2.75) is 24.5 Å². The number of phenolic OH excluding ortho intramolecular Hbond substituents is 1. The minimum absolute atomic E-state index is 0.0685. The number of nitrogens with one attached hydrogen (secondary N) is 1. The number of aromatic hydroxyl groups is 1. The fraction of sp³-hybridized carbons (Fsp3) is 0.400. The van der Waals surface area contributed by atoms with Gasteiger partial charge in [-0.3, -0.25) is 34.2 Å². The number of amides is 2. The summed E-state index contributed by atoms with van der Waals surface area (Å²) in [6.45, 7) is 0. The van der Waals surface area contributed by atoms with Crippen molar-refractivity contribution >= 4 is 46.5 Å². The molecule has 2 fully saturated rings. The molecule has 3 aliphatic carbocycles. The van der Waals surface area contributed by atoms with Crippen molar-refractivity contribution in [3.63, 3.8) is 0 Å². The highest BCUT2D eigenvalue weighted by Gasteiger charge is 2.69. The Kier molecular flexibility index (Phi) is 7.35. The highest BCUT2D eigenvalue weighted by molar-refractivity contribution is 6.32. The number of ether oxygens (including phenoxy) is 1. The van der Waals surface area contributed by atoms with Crippen LogP contribution < -0.4 is 20.7 Å². The normalized spacial score (nSPS) is 28.1. The maximum absolute atomic E-state index is 14.1. The molecule has 2 saturated carbocycles. The molecule has 13 heteroatoms. The highest BCUT2D eigenvalue weighted by atomic mass is 16.6. The summed E-state index contributed by atoms with van der Waals surface area (Å²) in [6.07, 6.45) is -0.925. The van der Waals surface area contributed by atoms with E-state index in [-0.39, 0.29) is 29.8 Å². The molecule has 6 atom stereocenters. The van der Waals surface area contributed by atoms with Gasteiger partial charge in [0.05, 0.1) is 23.2 Å². The number of aliphatic hydroxyl groups is 1. The van der Waals surface area contributed by atoms with Crippen LogP contribution in [0.15, 0.2) is 36.4 Å². The molecule has 0 spiro atoms. The van der Waals surface area contributed by atoms with Gasteiger partial charge in [-0.15, -0.1) is 0 Å². The van der Waals surface area contributed by atoms with Crippen LogP contribution in [0.2, 0.25) is 0 Å². The van der Waals surface area contributed by atoms with Crippen molar-refractivity contribution in [1.82, 2.24) is 4.90 Å². The first-order valence-corrected chi connectivity index (χ1v) is 13.6. The predicted octanol–water partition coefficient (Wildman–Crippen LogP) is 0.544. The van der Waals surface area contributed by atoms with Crippen LogP contribution in [0.5, 0.6) is 11.5 Å². The Bertz CT molecular complexity index is 1570. The van der Waals surface area contributed by atoms with E-state index in [1.165, 1.54) is 25.1 Å². The van der Waals surface area contributed by atoms with E-state index in [0.717, 1.165) is 0 Å². The molecule has 2 amide bonds. The molecule has 2 aromatic carbocycles. The number of nitrogens with zero attached hydrogens (tertiary/aromatic N) is 2. The topological polar surface area (TPSA) is 197 Å². The van der Waals surface area contributed by atoms with Crippen molar-refractivity contribution in [1.29, 1.82) is 0 Å². The van der Waals surface area contributed by atoms with Crippen LogP contribution in [0, 0.1) is 23.7 Å². The number of phenols is 1. The first kappa shape index (κ1) is 29.9. The number of likely N-dealkylation sites (N-methyl/N-ethyl adjacent to an activating group) is 1. The van der Waals surface area contributed by atoms with Gasteiger partial charge in [0.25, 0.3) is 0 Å². The summed E-state index contributed by atoms with van der Waals surface area (Å²) in [4.78, 5) is 82.7. The van der Waals surface area contributed by atoms with Gasteiger partial charge >= 0.3 is 6.09 Å². The van der Waals surface area contributed by atoms with Crippen molar-refractivity contribution < 1.29 is 43.7 Å². The second-order valence-electron chi connectivity index (χ2n) is 11.7. The maximum atomic E-state index is 14.1. The van der Waals surface area contributed by atoms with Crippen molar-refractivity contribution in [3.8, 4) is 11.5 Å². The summed E-state index contributed by atoms with van der Waals surface area (Å²) in [5.41, 5.74) is 3.00. The van der Waals surface area contributed by atoms with Crippen molar-refractivity contribution in [3.05, 3.63) is 47.5 Å². The fourth-order valence-corrected chi connectivity index (χ4v) is 6.88. The van der Waals surface area contributed by atoms with Gasteiger partial charge in [-0.25, -0.2) is 4.79 Å². The highest BCUT2D eigenvalue weighted by Crippen LogP contribution is 2.52. The van der Waals surface area contributed by atoms with E-state index in [4.69, 9.17) is 10.5 Å². The molecule has 0 heterocycles. The van der Waals surface area contributed by atoms with Gasteiger partial charge in [-0.1, -0.05) is 18.2 Å². The molecule has 0 radical (unpaired) electrons. The Labute approximate surface area is 246 Å². The Balaban J connectivity index is 1.58. The maximum Gasteiger partial charge on any atom is 0.417 e. The third-order valence-corrected chi connectivity index (χ3v) is 8.71. The van der Waals surface area contributed by atoms with Crippen LogP contribution in [-0.4, -0.2) is 90.1 Å².